The number of rotatable bonds is 2. The minimum Gasteiger partial charge on any atom is -0.347 e. The van der Waals surface area contributed by atoms with E-state index in [0.717, 1.165) is 12.8 Å². The maximum Gasteiger partial charge on any atom is 0.232 e. The summed E-state index contributed by atoms with van der Waals surface area (Å²) in [6.45, 7) is 6.36. The van der Waals surface area contributed by atoms with Crippen molar-refractivity contribution in [3.05, 3.63) is 0 Å². The maximum atomic E-state index is 12.4. The molecule has 0 heterocycles. The fraction of sp³-hybridized carbons (Fsp3) is 0.917. The zero-order valence-corrected chi connectivity index (χ0v) is 10.2. The molecule has 15 heavy (non-hydrogen) atoms. The van der Waals surface area contributed by atoms with Crippen molar-refractivity contribution in [2.45, 2.75) is 39.4 Å². The van der Waals surface area contributed by atoms with Crippen LogP contribution in [0, 0.1) is 16.7 Å². The summed E-state index contributed by atoms with van der Waals surface area (Å²) >= 11 is 0. The van der Waals surface area contributed by atoms with E-state index in [9.17, 15) is 4.79 Å². The molecule has 2 bridgehead atoms. The molecule has 2 saturated carbocycles. The van der Waals surface area contributed by atoms with Gasteiger partial charge in [-0.15, -0.1) is 0 Å². The molecule has 2 aliphatic carbocycles. The number of carbonyl (C=O) groups is 1. The number of hydrogen-bond acceptors (Lipinski definition) is 3. The normalized spacial score (nSPS) is 41.1. The van der Waals surface area contributed by atoms with Crippen molar-refractivity contribution >= 4 is 5.78 Å². The molecule has 0 aromatic carbocycles. The number of hydrogen-bond donors (Lipinski definition) is 0. The summed E-state index contributed by atoms with van der Waals surface area (Å²) in [6.07, 6.45) is 1.97. The van der Waals surface area contributed by atoms with Gasteiger partial charge in [-0.25, -0.2) is 0 Å². The Morgan fingerprint density at radius 3 is 2.00 bits per heavy atom. The van der Waals surface area contributed by atoms with Crippen molar-refractivity contribution in [2.24, 2.45) is 16.7 Å². The van der Waals surface area contributed by atoms with Crippen molar-refractivity contribution in [2.75, 3.05) is 14.2 Å². The van der Waals surface area contributed by atoms with Crippen LogP contribution in [0.15, 0.2) is 0 Å². The average molecular weight is 212 g/mol. The van der Waals surface area contributed by atoms with Gasteiger partial charge < -0.3 is 9.47 Å². The molecule has 0 aromatic heterocycles. The van der Waals surface area contributed by atoms with Crippen LogP contribution < -0.4 is 0 Å². The Morgan fingerprint density at radius 1 is 1.20 bits per heavy atom. The van der Waals surface area contributed by atoms with E-state index in [0.29, 0.717) is 0 Å². The summed E-state index contributed by atoms with van der Waals surface area (Å²) in [5, 5.41) is 0. The minimum absolute atomic E-state index is 0.0316. The highest BCUT2D eigenvalue weighted by atomic mass is 16.7. The van der Waals surface area contributed by atoms with E-state index in [1.54, 1.807) is 14.2 Å². The second-order valence-electron chi connectivity index (χ2n) is 5.55. The number of methoxy groups -OCH3 is 2. The van der Waals surface area contributed by atoms with Crippen LogP contribution in [0.3, 0.4) is 0 Å². The van der Waals surface area contributed by atoms with E-state index in [2.05, 4.69) is 20.8 Å². The second kappa shape index (κ2) is 2.83. The molecule has 0 aromatic rings. The summed E-state index contributed by atoms with van der Waals surface area (Å²) in [6, 6.07) is 0. The molecule has 3 heteroatoms. The van der Waals surface area contributed by atoms with E-state index in [4.69, 9.17) is 9.47 Å². The first-order valence-corrected chi connectivity index (χ1v) is 5.52. The molecule has 2 fully saturated rings. The molecule has 0 N–H and O–H groups in total. The highest BCUT2D eigenvalue weighted by Gasteiger charge is 2.74. The van der Waals surface area contributed by atoms with Gasteiger partial charge in [0.1, 0.15) is 0 Å². The third kappa shape index (κ3) is 0.918. The van der Waals surface area contributed by atoms with Gasteiger partial charge in [0.2, 0.25) is 5.79 Å². The number of ether oxygens (including phenoxy) is 2. The summed E-state index contributed by atoms with van der Waals surface area (Å²) in [5.41, 5.74) is -0.320. The van der Waals surface area contributed by atoms with Crippen LogP contribution in [0.2, 0.25) is 0 Å². The fourth-order valence-electron chi connectivity index (χ4n) is 3.67. The molecule has 0 spiro atoms. The molecule has 2 aliphatic rings. The van der Waals surface area contributed by atoms with Crippen LogP contribution in [0.25, 0.3) is 0 Å². The molecule has 2 rings (SSSR count). The lowest BCUT2D eigenvalue weighted by molar-refractivity contribution is -0.230. The fourth-order valence-corrected chi connectivity index (χ4v) is 3.67. The van der Waals surface area contributed by atoms with Crippen molar-refractivity contribution in [1.29, 1.82) is 0 Å². The molecule has 0 saturated heterocycles. The van der Waals surface area contributed by atoms with E-state index < -0.39 is 5.79 Å². The van der Waals surface area contributed by atoms with E-state index in [1.807, 2.05) is 0 Å². The maximum absolute atomic E-state index is 12.4. The quantitative estimate of drug-likeness (QED) is 0.657. The van der Waals surface area contributed by atoms with Crippen molar-refractivity contribution in [1.82, 2.24) is 0 Å². The van der Waals surface area contributed by atoms with Gasteiger partial charge in [-0.3, -0.25) is 4.79 Å². The molecule has 2 atom stereocenters. The van der Waals surface area contributed by atoms with Crippen LogP contribution in [-0.4, -0.2) is 25.8 Å². The standard InChI is InChI=1S/C12H20O3/c1-10(2)8-6-7-11(10,3)9(13)12(8,14-4)15-5/h8H,6-7H2,1-5H3/t8?,11-/m0/s1. The van der Waals surface area contributed by atoms with E-state index in [-0.39, 0.29) is 22.5 Å². The molecule has 0 amide bonds. The SMILES string of the molecule is COC1(OC)C(=O)[C@]2(C)CCC1C2(C)C. The Labute approximate surface area is 91.1 Å². The van der Waals surface area contributed by atoms with E-state index in [1.165, 1.54) is 0 Å². The van der Waals surface area contributed by atoms with Crippen LogP contribution >= 0.6 is 0 Å². The zero-order chi connectivity index (χ0) is 11.5. The molecule has 0 radical (unpaired) electrons. The molecular weight excluding hydrogens is 192 g/mol. The predicted molar refractivity (Wildman–Crippen MR) is 56.4 cm³/mol. The van der Waals surface area contributed by atoms with Gasteiger partial charge in [0.15, 0.2) is 5.78 Å². The largest absolute Gasteiger partial charge is 0.347 e. The third-order valence-electron chi connectivity index (χ3n) is 5.11. The first kappa shape index (κ1) is 11.1. The lowest BCUT2D eigenvalue weighted by Crippen LogP contribution is -2.49. The Hall–Kier alpha value is -0.410. The van der Waals surface area contributed by atoms with Gasteiger partial charge in [0.05, 0.1) is 0 Å². The zero-order valence-electron chi connectivity index (χ0n) is 10.2. The monoisotopic (exact) mass is 212 g/mol. The summed E-state index contributed by atoms with van der Waals surface area (Å²) in [4.78, 5) is 12.4. The average Bonchev–Trinajstić information content (AvgIpc) is 2.50. The highest BCUT2D eigenvalue weighted by Crippen LogP contribution is 2.67. The molecular formula is C12H20O3. The van der Waals surface area contributed by atoms with E-state index >= 15 is 0 Å². The predicted octanol–water partition coefficient (Wildman–Crippen LogP) is 2.00. The third-order valence-corrected chi connectivity index (χ3v) is 5.11. The number of ketones is 1. The number of carbonyl (C=O) groups excluding carboxylic acids is 1. The van der Waals surface area contributed by atoms with Crippen molar-refractivity contribution in [3.8, 4) is 0 Å². The van der Waals surface area contributed by atoms with Crippen LogP contribution in [-0.2, 0) is 14.3 Å². The van der Waals surface area contributed by atoms with Gasteiger partial charge in [-0.1, -0.05) is 20.8 Å². The van der Waals surface area contributed by atoms with Crippen molar-refractivity contribution < 1.29 is 14.3 Å². The summed E-state index contributed by atoms with van der Waals surface area (Å²) in [5.74, 6) is -0.685. The van der Waals surface area contributed by atoms with Crippen LogP contribution in [0.4, 0.5) is 0 Å². The molecule has 3 nitrogen and oxygen atoms in total. The van der Waals surface area contributed by atoms with Crippen LogP contribution in [0.5, 0.6) is 0 Å². The first-order chi connectivity index (χ1) is 6.87. The molecule has 0 aliphatic heterocycles. The van der Waals surface area contributed by atoms with Crippen LogP contribution in [0.1, 0.15) is 33.6 Å². The highest BCUT2D eigenvalue weighted by molar-refractivity contribution is 5.96. The van der Waals surface area contributed by atoms with Crippen molar-refractivity contribution in [3.63, 3.8) is 0 Å². The minimum atomic E-state index is -0.990. The Bertz CT molecular complexity index is 304. The second-order valence-corrected chi connectivity index (χ2v) is 5.55. The van der Waals surface area contributed by atoms with Gasteiger partial charge >= 0.3 is 0 Å². The summed E-state index contributed by atoms with van der Waals surface area (Å²) < 4.78 is 10.8. The summed E-state index contributed by atoms with van der Waals surface area (Å²) in [7, 11) is 3.14. The van der Waals surface area contributed by atoms with Gasteiger partial charge in [-0.05, 0) is 18.3 Å². The molecule has 86 valence electrons. The molecule has 1 unspecified atom stereocenters. The smallest absolute Gasteiger partial charge is 0.232 e. The first-order valence-electron chi connectivity index (χ1n) is 5.52. The Balaban J connectivity index is 2.55. The topological polar surface area (TPSA) is 35.5 Å². The number of Topliss-reactive ketones (excluding diaryl/α,β-unsaturated/α-hetero) is 1. The lowest BCUT2D eigenvalue weighted by Gasteiger charge is -2.35. The van der Waals surface area contributed by atoms with Gasteiger partial charge in [0, 0.05) is 25.6 Å². The Morgan fingerprint density at radius 2 is 1.73 bits per heavy atom. The lowest BCUT2D eigenvalue weighted by atomic mass is 9.70. The van der Waals surface area contributed by atoms with Gasteiger partial charge in [0.25, 0.3) is 0 Å². The number of fused-ring (bicyclic) bond motifs is 2. The Kier molecular flexibility index (Phi) is 2.09. The van der Waals surface area contributed by atoms with Gasteiger partial charge in [-0.2, -0.15) is 0 Å².